The van der Waals surface area contributed by atoms with Crippen LogP contribution in [0.1, 0.15) is 62.5 Å². The lowest BCUT2D eigenvalue weighted by molar-refractivity contribution is -0.131. The van der Waals surface area contributed by atoms with Crippen molar-refractivity contribution in [3.05, 3.63) is 35.4 Å². The van der Waals surface area contributed by atoms with Crippen LogP contribution in [-0.4, -0.2) is 5.78 Å². The van der Waals surface area contributed by atoms with Crippen molar-refractivity contribution >= 4 is 5.78 Å². The summed E-state index contributed by atoms with van der Waals surface area (Å²) in [5, 5.41) is 0. The maximum Gasteiger partial charge on any atom is 0.139 e. The molecule has 2 saturated carbocycles. The van der Waals surface area contributed by atoms with Crippen LogP contribution >= 0.6 is 0 Å². The number of aryl methyl sites for hydroxylation is 1. The molecule has 0 spiro atoms. The summed E-state index contributed by atoms with van der Waals surface area (Å²) in [6, 6.07) is 9.04. The van der Waals surface area contributed by atoms with Gasteiger partial charge < -0.3 is 0 Å². The number of rotatable bonds is 1. The zero-order valence-corrected chi connectivity index (χ0v) is 12.4. The van der Waals surface area contributed by atoms with Crippen molar-refractivity contribution in [2.75, 3.05) is 0 Å². The Hall–Kier alpha value is -1.11. The maximum atomic E-state index is 12.5. The van der Waals surface area contributed by atoms with Crippen LogP contribution in [0.5, 0.6) is 0 Å². The van der Waals surface area contributed by atoms with E-state index in [2.05, 4.69) is 31.2 Å². The lowest BCUT2D eigenvalue weighted by Crippen LogP contribution is -2.43. The Kier molecular flexibility index (Phi) is 2.80. The van der Waals surface area contributed by atoms with Crippen molar-refractivity contribution in [2.24, 2.45) is 17.3 Å². The largest absolute Gasteiger partial charge is 0.299 e. The molecule has 0 radical (unpaired) electrons. The molecule has 0 aromatic heterocycles. The van der Waals surface area contributed by atoms with Crippen LogP contribution in [0, 0.1) is 17.3 Å². The van der Waals surface area contributed by atoms with Gasteiger partial charge in [-0.1, -0.05) is 31.2 Å². The van der Waals surface area contributed by atoms with E-state index >= 15 is 0 Å². The molecule has 1 aromatic carbocycles. The molecule has 0 aliphatic heterocycles. The molecule has 0 heterocycles. The highest BCUT2D eigenvalue weighted by Gasteiger charge is 2.55. The Bertz CT molecular complexity index is 546. The smallest absolute Gasteiger partial charge is 0.139 e. The highest BCUT2D eigenvalue weighted by atomic mass is 16.1. The first-order chi connectivity index (χ1) is 9.76. The fourth-order valence-corrected chi connectivity index (χ4v) is 5.75. The van der Waals surface area contributed by atoms with Gasteiger partial charge in [0, 0.05) is 11.8 Å². The highest BCUT2D eigenvalue weighted by molar-refractivity contribution is 5.87. The zero-order valence-electron chi connectivity index (χ0n) is 12.4. The van der Waals surface area contributed by atoms with Gasteiger partial charge in [-0.25, -0.2) is 0 Å². The standard InChI is InChI=1S/C19H24O/c1-2-19-12-11-15-14-6-4-3-5-13(14)7-8-16(15)17(19)9-10-18(19)20/h3-6,15-17H,2,7-12H2,1H3/t15-,16-,17+,19-/m1/s1. The molecule has 1 nitrogen and oxygen atoms in total. The van der Waals surface area contributed by atoms with E-state index in [9.17, 15) is 4.79 Å². The van der Waals surface area contributed by atoms with Crippen LogP contribution < -0.4 is 0 Å². The van der Waals surface area contributed by atoms with E-state index in [1.54, 1.807) is 11.1 Å². The summed E-state index contributed by atoms with van der Waals surface area (Å²) in [6.45, 7) is 2.24. The number of carbonyl (C=O) groups is 1. The molecule has 0 N–H and O–H groups in total. The Morgan fingerprint density at radius 2 is 2.00 bits per heavy atom. The zero-order chi connectivity index (χ0) is 13.7. The molecule has 3 aliphatic rings. The van der Waals surface area contributed by atoms with Crippen molar-refractivity contribution in [1.29, 1.82) is 0 Å². The fraction of sp³-hybridized carbons (Fsp3) is 0.632. The molecule has 106 valence electrons. The van der Waals surface area contributed by atoms with E-state index in [-0.39, 0.29) is 5.41 Å². The Labute approximate surface area is 121 Å². The van der Waals surface area contributed by atoms with Crippen LogP contribution in [0.4, 0.5) is 0 Å². The van der Waals surface area contributed by atoms with Gasteiger partial charge in [-0.2, -0.15) is 0 Å². The summed E-state index contributed by atoms with van der Waals surface area (Å²) in [4.78, 5) is 12.5. The van der Waals surface area contributed by atoms with Crippen molar-refractivity contribution in [2.45, 2.75) is 57.8 Å². The van der Waals surface area contributed by atoms with Crippen LogP contribution in [0.2, 0.25) is 0 Å². The summed E-state index contributed by atoms with van der Waals surface area (Å²) < 4.78 is 0. The van der Waals surface area contributed by atoms with E-state index in [0.29, 0.717) is 11.7 Å². The van der Waals surface area contributed by atoms with Crippen molar-refractivity contribution in [1.82, 2.24) is 0 Å². The number of ketones is 1. The van der Waals surface area contributed by atoms with Crippen LogP contribution in [0.15, 0.2) is 24.3 Å². The van der Waals surface area contributed by atoms with Crippen LogP contribution in [-0.2, 0) is 11.2 Å². The van der Waals surface area contributed by atoms with Crippen LogP contribution in [0.25, 0.3) is 0 Å². The number of hydrogen-bond donors (Lipinski definition) is 0. The van der Waals surface area contributed by atoms with E-state index in [0.717, 1.165) is 37.5 Å². The van der Waals surface area contributed by atoms with E-state index in [1.807, 2.05) is 0 Å². The quantitative estimate of drug-likeness (QED) is 0.733. The van der Waals surface area contributed by atoms with Gasteiger partial charge in [-0.3, -0.25) is 4.79 Å². The minimum absolute atomic E-state index is 0.0629. The third-order valence-electron chi connectivity index (χ3n) is 6.72. The predicted molar refractivity (Wildman–Crippen MR) is 80.7 cm³/mol. The van der Waals surface area contributed by atoms with Gasteiger partial charge in [0.2, 0.25) is 0 Å². The molecular weight excluding hydrogens is 244 g/mol. The second kappa shape index (κ2) is 4.44. The average Bonchev–Trinajstić information content (AvgIpc) is 2.85. The molecule has 1 heteroatoms. The lowest BCUT2D eigenvalue weighted by atomic mass is 9.54. The first kappa shape index (κ1) is 12.6. The first-order valence-electron chi connectivity index (χ1n) is 8.37. The third-order valence-corrected chi connectivity index (χ3v) is 6.72. The van der Waals surface area contributed by atoms with Crippen LogP contribution in [0.3, 0.4) is 0 Å². The topological polar surface area (TPSA) is 17.1 Å². The van der Waals surface area contributed by atoms with Gasteiger partial charge >= 0.3 is 0 Å². The van der Waals surface area contributed by atoms with E-state index < -0.39 is 0 Å². The monoisotopic (exact) mass is 268 g/mol. The van der Waals surface area contributed by atoms with Crippen molar-refractivity contribution in [3.8, 4) is 0 Å². The summed E-state index contributed by atoms with van der Waals surface area (Å²) in [6.07, 6.45) is 7.99. The van der Waals surface area contributed by atoms with Crippen molar-refractivity contribution < 1.29 is 4.79 Å². The summed E-state index contributed by atoms with van der Waals surface area (Å²) >= 11 is 0. The second-order valence-corrected chi connectivity index (χ2v) is 7.12. The maximum absolute atomic E-state index is 12.5. The molecule has 4 atom stereocenters. The number of Topliss-reactive ketones (excluding diaryl/α,β-unsaturated/α-hetero) is 1. The first-order valence-corrected chi connectivity index (χ1v) is 8.37. The molecule has 0 bridgehead atoms. The minimum Gasteiger partial charge on any atom is -0.299 e. The molecule has 0 amide bonds. The number of benzene rings is 1. The predicted octanol–water partition coefficient (Wildman–Crippen LogP) is 4.50. The normalized spacial score (nSPS) is 39.0. The van der Waals surface area contributed by atoms with Gasteiger partial charge in [-0.05, 0) is 67.4 Å². The summed E-state index contributed by atoms with van der Waals surface area (Å²) in [5.74, 6) is 2.76. The van der Waals surface area contributed by atoms with Gasteiger partial charge in [0.15, 0.2) is 0 Å². The van der Waals surface area contributed by atoms with E-state index in [4.69, 9.17) is 0 Å². The third kappa shape index (κ3) is 1.52. The SMILES string of the molecule is CC[C@@]12CC[C@@H]3c4ccccc4CC[C@H]3[C@@H]1CCC2=O. The fourth-order valence-electron chi connectivity index (χ4n) is 5.75. The van der Waals surface area contributed by atoms with Gasteiger partial charge in [0.25, 0.3) is 0 Å². The molecule has 0 unspecified atom stereocenters. The summed E-state index contributed by atoms with van der Waals surface area (Å²) in [5.41, 5.74) is 3.24. The number of carbonyl (C=O) groups excluding carboxylic acids is 1. The Balaban J connectivity index is 1.73. The summed E-state index contributed by atoms with van der Waals surface area (Å²) in [7, 11) is 0. The molecule has 1 aromatic rings. The molecule has 0 saturated heterocycles. The minimum atomic E-state index is 0.0629. The number of fused-ring (bicyclic) bond motifs is 5. The van der Waals surface area contributed by atoms with Gasteiger partial charge in [-0.15, -0.1) is 0 Å². The number of hydrogen-bond acceptors (Lipinski definition) is 1. The van der Waals surface area contributed by atoms with Gasteiger partial charge in [0.1, 0.15) is 5.78 Å². The Morgan fingerprint density at radius 1 is 1.15 bits per heavy atom. The molecule has 2 fully saturated rings. The molecule has 4 rings (SSSR count). The molecule has 3 aliphatic carbocycles. The van der Waals surface area contributed by atoms with E-state index in [1.165, 1.54) is 19.3 Å². The average molecular weight is 268 g/mol. The molecule has 20 heavy (non-hydrogen) atoms. The lowest BCUT2D eigenvalue weighted by Gasteiger charge is -2.49. The Morgan fingerprint density at radius 3 is 2.85 bits per heavy atom. The molecular formula is C19H24O. The van der Waals surface area contributed by atoms with Crippen molar-refractivity contribution in [3.63, 3.8) is 0 Å². The second-order valence-electron chi connectivity index (χ2n) is 7.12. The highest BCUT2D eigenvalue weighted by Crippen LogP contribution is 2.60. The van der Waals surface area contributed by atoms with Gasteiger partial charge in [0.05, 0.1) is 0 Å².